The van der Waals surface area contributed by atoms with Crippen LogP contribution in [0, 0.1) is 0 Å². The summed E-state index contributed by atoms with van der Waals surface area (Å²) in [5.41, 5.74) is 0.482. The predicted octanol–water partition coefficient (Wildman–Crippen LogP) is 1.71. The van der Waals surface area contributed by atoms with Crippen LogP contribution in [0.3, 0.4) is 0 Å². The Bertz CT molecular complexity index is 518. The zero-order valence-electron chi connectivity index (χ0n) is 11.3. The number of hydrogen-bond donors (Lipinski definition) is 4. The number of benzene rings is 1. The minimum absolute atomic E-state index is 0.101. The van der Waals surface area contributed by atoms with Gasteiger partial charge in [-0.05, 0) is 42.7 Å². The van der Waals surface area contributed by atoms with Crippen LogP contribution in [-0.4, -0.2) is 46.2 Å². The van der Waals surface area contributed by atoms with Gasteiger partial charge in [-0.3, -0.25) is 0 Å². The molecule has 0 aromatic heterocycles. The van der Waals surface area contributed by atoms with Crippen molar-refractivity contribution in [2.75, 3.05) is 17.3 Å². The van der Waals surface area contributed by atoms with Crippen LogP contribution in [0.25, 0.3) is 0 Å². The Morgan fingerprint density at radius 1 is 1.19 bits per heavy atom. The van der Waals surface area contributed by atoms with Crippen molar-refractivity contribution in [3.05, 3.63) is 29.8 Å². The maximum atomic E-state index is 11.7. The Kier molecular flexibility index (Phi) is 6.54. The normalized spacial score (nSPS) is 11.5. The molecule has 1 aromatic rings. The van der Waals surface area contributed by atoms with Gasteiger partial charge in [-0.2, -0.15) is 11.8 Å². The monoisotopic (exact) mass is 312 g/mol. The van der Waals surface area contributed by atoms with E-state index in [0.29, 0.717) is 17.9 Å². The van der Waals surface area contributed by atoms with Gasteiger partial charge in [-0.15, -0.1) is 0 Å². The van der Waals surface area contributed by atoms with E-state index in [1.54, 1.807) is 0 Å². The molecule has 1 aromatic carbocycles. The summed E-state index contributed by atoms with van der Waals surface area (Å²) in [5.74, 6) is -1.54. The second-order valence-electron chi connectivity index (χ2n) is 4.15. The number of nitrogens with one attached hydrogen (secondary N) is 2. The number of thioether (sulfide) groups is 1. The summed E-state index contributed by atoms with van der Waals surface area (Å²) in [5, 5.41) is 22.6. The highest BCUT2D eigenvalue weighted by Gasteiger charge is 2.19. The molecule has 0 saturated heterocycles. The molecule has 21 heavy (non-hydrogen) atoms. The number of amides is 2. The standard InChI is InChI=1S/C13H16N2O5S/c1-21-7-6-10(12(18)19)15-13(20)14-9-4-2-8(3-5-9)11(16)17/h2-5,10H,6-7H2,1H3,(H,16,17)(H,18,19)(H2,14,15,20). The van der Waals surface area contributed by atoms with Gasteiger partial charge in [-0.1, -0.05) is 0 Å². The number of urea groups is 1. The van der Waals surface area contributed by atoms with E-state index in [2.05, 4.69) is 10.6 Å². The molecule has 1 unspecified atom stereocenters. The lowest BCUT2D eigenvalue weighted by Crippen LogP contribution is -2.43. The third-order valence-electron chi connectivity index (χ3n) is 2.60. The Morgan fingerprint density at radius 3 is 2.29 bits per heavy atom. The van der Waals surface area contributed by atoms with E-state index in [1.165, 1.54) is 36.0 Å². The van der Waals surface area contributed by atoms with Crippen LogP contribution < -0.4 is 10.6 Å². The first kappa shape index (κ1) is 16.8. The van der Waals surface area contributed by atoms with Crippen molar-refractivity contribution in [2.45, 2.75) is 12.5 Å². The first-order valence-corrected chi connectivity index (χ1v) is 7.46. The summed E-state index contributed by atoms with van der Waals surface area (Å²) in [4.78, 5) is 33.4. The van der Waals surface area contributed by atoms with Gasteiger partial charge in [0.05, 0.1) is 5.56 Å². The van der Waals surface area contributed by atoms with Crippen LogP contribution in [0.2, 0.25) is 0 Å². The maximum absolute atomic E-state index is 11.7. The van der Waals surface area contributed by atoms with Crippen LogP contribution >= 0.6 is 11.8 Å². The third-order valence-corrected chi connectivity index (χ3v) is 3.25. The molecule has 1 atom stereocenters. The molecule has 2 amide bonds. The third kappa shape index (κ3) is 5.74. The summed E-state index contributed by atoms with van der Waals surface area (Å²) < 4.78 is 0. The lowest BCUT2D eigenvalue weighted by Gasteiger charge is -2.14. The number of aromatic carboxylic acids is 1. The van der Waals surface area contributed by atoms with Gasteiger partial charge >= 0.3 is 18.0 Å². The highest BCUT2D eigenvalue weighted by atomic mass is 32.2. The van der Waals surface area contributed by atoms with Gasteiger partial charge in [0, 0.05) is 5.69 Å². The molecule has 0 aliphatic rings. The minimum atomic E-state index is -1.10. The van der Waals surface area contributed by atoms with Gasteiger partial charge in [0.25, 0.3) is 0 Å². The smallest absolute Gasteiger partial charge is 0.335 e. The number of anilines is 1. The van der Waals surface area contributed by atoms with E-state index in [0.717, 1.165) is 0 Å². The SMILES string of the molecule is CSCCC(NC(=O)Nc1ccc(C(=O)O)cc1)C(=O)O. The molecule has 0 spiro atoms. The number of rotatable bonds is 7. The minimum Gasteiger partial charge on any atom is -0.480 e. The average Bonchev–Trinajstić information content (AvgIpc) is 2.43. The van der Waals surface area contributed by atoms with Gasteiger partial charge in [0.15, 0.2) is 0 Å². The topological polar surface area (TPSA) is 116 Å². The number of carbonyl (C=O) groups excluding carboxylic acids is 1. The van der Waals surface area contributed by atoms with Gasteiger partial charge in [0.2, 0.25) is 0 Å². The van der Waals surface area contributed by atoms with E-state index in [1.807, 2.05) is 6.26 Å². The summed E-state index contributed by atoms with van der Waals surface area (Å²) >= 11 is 1.49. The van der Waals surface area contributed by atoms with Crippen LogP contribution in [0.1, 0.15) is 16.8 Å². The zero-order valence-corrected chi connectivity index (χ0v) is 12.1. The molecule has 0 aliphatic carbocycles. The van der Waals surface area contributed by atoms with E-state index < -0.39 is 24.0 Å². The molecule has 0 heterocycles. The zero-order chi connectivity index (χ0) is 15.8. The fraction of sp³-hybridized carbons (Fsp3) is 0.308. The summed E-state index contributed by atoms with van der Waals surface area (Å²) in [7, 11) is 0. The number of carbonyl (C=O) groups is 3. The van der Waals surface area contributed by atoms with Crippen molar-refractivity contribution in [3.8, 4) is 0 Å². The molecule has 7 nitrogen and oxygen atoms in total. The van der Waals surface area contributed by atoms with Crippen LogP contribution in [0.5, 0.6) is 0 Å². The molecule has 0 radical (unpaired) electrons. The summed E-state index contributed by atoms with van der Waals surface area (Å²) in [6, 6.07) is 3.95. The highest BCUT2D eigenvalue weighted by Crippen LogP contribution is 2.09. The Balaban J connectivity index is 2.59. The number of hydrogen-bond acceptors (Lipinski definition) is 4. The molecule has 1 rings (SSSR count). The van der Waals surface area contributed by atoms with E-state index in [-0.39, 0.29) is 5.56 Å². The molecule has 0 fully saturated rings. The molecule has 4 N–H and O–H groups in total. The Hall–Kier alpha value is -2.22. The van der Waals surface area contributed by atoms with E-state index >= 15 is 0 Å². The van der Waals surface area contributed by atoms with Crippen LogP contribution in [-0.2, 0) is 4.79 Å². The first-order valence-electron chi connectivity index (χ1n) is 6.06. The predicted molar refractivity (Wildman–Crippen MR) is 80.0 cm³/mol. The highest BCUT2D eigenvalue weighted by molar-refractivity contribution is 7.98. The van der Waals surface area contributed by atoms with Crippen molar-refractivity contribution in [1.29, 1.82) is 0 Å². The molecule has 8 heteroatoms. The van der Waals surface area contributed by atoms with Gasteiger partial charge in [0.1, 0.15) is 6.04 Å². The van der Waals surface area contributed by atoms with Crippen LogP contribution in [0.4, 0.5) is 10.5 Å². The molecular formula is C13H16N2O5S. The maximum Gasteiger partial charge on any atom is 0.335 e. The van der Waals surface area contributed by atoms with Crippen LogP contribution in [0.15, 0.2) is 24.3 Å². The number of carboxylic acid groups (broad SMARTS) is 2. The summed E-state index contributed by atoms with van der Waals surface area (Å²) in [6.45, 7) is 0. The average molecular weight is 312 g/mol. The molecule has 0 saturated carbocycles. The second kappa shape index (κ2) is 8.15. The molecule has 114 valence electrons. The molecule has 0 aliphatic heterocycles. The molecular weight excluding hydrogens is 296 g/mol. The molecule has 0 bridgehead atoms. The van der Waals surface area contributed by atoms with Crippen molar-refractivity contribution in [3.63, 3.8) is 0 Å². The van der Waals surface area contributed by atoms with E-state index in [4.69, 9.17) is 10.2 Å². The van der Waals surface area contributed by atoms with Crippen molar-refractivity contribution >= 4 is 35.4 Å². The summed E-state index contributed by atoms with van der Waals surface area (Å²) in [6.07, 6.45) is 2.17. The van der Waals surface area contributed by atoms with Gasteiger partial charge < -0.3 is 20.8 Å². The fourth-order valence-electron chi connectivity index (χ4n) is 1.51. The number of aliphatic carboxylic acids is 1. The fourth-order valence-corrected chi connectivity index (χ4v) is 1.99. The first-order chi connectivity index (χ1) is 9.93. The largest absolute Gasteiger partial charge is 0.480 e. The lowest BCUT2D eigenvalue weighted by atomic mass is 10.2. The van der Waals surface area contributed by atoms with Gasteiger partial charge in [-0.25, -0.2) is 14.4 Å². The van der Waals surface area contributed by atoms with Crippen molar-refractivity contribution in [1.82, 2.24) is 5.32 Å². The van der Waals surface area contributed by atoms with Crippen molar-refractivity contribution in [2.24, 2.45) is 0 Å². The quantitative estimate of drug-likeness (QED) is 0.609. The lowest BCUT2D eigenvalue weighted by molar-refractivity contribution is -0.139. The number of carboxylic acids is 2. The Labute approximate surface area is 125 Å². The van der Waals surface area contributed by atoms with E-state index in [9.17, 15) is 14.4 Å². The Morgan fingerprint density at radius 2 is 1.81 bits per heavy atom. The second-order valence-corrected chi connectivity index (χ2v) is 5.14. The van der Waals surface area contributed by atoms with Crippen molar-refractivity contribution < 1.29 is 24.6 Å².